The molecule has 0 atom stereocenters. The maximum atomic E-state index is 10.8. The molecule has 7 heteroatoms. The third-order valence-electron chi connectivity index (χ3n) is 5.33. The lowest BCUT2D eigenvalue weighted by Crippen LogP contribution is -2.37. The molecule has 168 valence electrons. The van der Waals surface area contributed by atoms with Gasteiger partial charge in [-0.25, -0.2) is 4.98 Å². The van der Waals surface area contributed by atoms with E-state index >= 15 is 0 Å². The molecule has 0 amide bonds. The van der Waals surface area contributed by atoms with Gasteiger partial charge in [-0.15, -0.1) is 0 Å². The molecule has 1 aromatic heterocycles. The Morgan fingerprint density at radius 3 is 1.91 bits per heavy atom. The van der Waals surface area contributed by atoms with Gasteiger partial charge in [0.15, 0.2) is 0 Å². The number of anilines is 1. The van der Waals surface area contributed by atoms with E-state index in [0.29, 0.717) is 6.54 Å². The number of benzene rings is 2. The van der Waals surface area contributed by atoms with Gasteiger partial charge in [-0.2, -0.15) is 0 Å². The van der Waals surface area contributed by atoms with E-state index in [4.69, 9.17) is 15.1 Å². The molecule has 3 rings (SSSR count). The molecule has 0 unspecified atom stereocenters. The van der Waals surface area contributed by atoms with E-state index in [-0.39, 0.29) is 6.54 Å². The Morgan fingerprint density at radius 2 is 1.31 bits per heavy atom. The highest BCUT2D eigenvalue weighted by atomic mass is 16.4. The molecule has 0 fully saturated rings. The number of carboxylic acids is 1. The first-order valence-corrected chi connectivity index (χ1v) is 10.7. The minimum atomic E-state index is -0.804. The summed E-state index contributed by atoms with van der Waals surface area (Å²) >= 11 is 0. The van der Waals surface area contributed by atoms with Crippen molar-refractivity contribution in [1.29, 1.82) is 0 Å². The van der Waals surface area contributed by atoms with Gasteiger partial charge in [0.25, 0.3) is 0 Å². The lowest BCUT2D eigenvalue weighted by atomic mass is 10.0. The van der Waals surface area contributed by atoms with E-state index < -0.39 is 5.97 Å². The van der Waals surface area contributed by atoms with E-state index in [1.54, 1.807) is 0 Å². The normalized spacial score (nSPS) is 11.2. The summed E-state index contributed by atoms with van der Waals surface area (Å²) in [6, 6.07) is 20.3. The predicted octanol–water partition coefficient (Wildman–Crippen LogP) is 3.20. The number of hydrogen-bond acceptors (Lipinski definition) is 6. The van der Waals surface area contributed by atoms with Crippen molar-refractivity contribution in [3.63, 3.8) is 0 Å². The number of hydrogen-bond donors (Lipinski definition) is 1. The number of carbonyl (C=O) groups is 1. The summed E-state index contributed by atoms with van der Waals surface area (Å²) in [5.41, 5.74) is 3.81. The second kappa shape index (κ2) is 11.4. The molecule has 0 bridgehead atoms. The number of rotatable bonds is 11. The maximum Gasteiger partial charge on any atom is 0.317 e. The van der Waals surface area contributed by atoms with Gasteiger partial charge < -0.3 is 14.9 Å². The van der Waals surface area contributed by atoms with Crippen LogP contribution in [0.5, 0.6) is 0 Å². The molecule has 0 aliphatic carbocycles. The van der Waals surface area contributed by atoms with Gasteiger partial charge in [0.1, 0.15) is 5.82 Å². The summed E-state index contributed by atoms with van der Waals surface area (Å²) in [5.74, 6) is 0.0153. The Labute approximate surface area is 190 Å². The zero-order valence-electron chi connectivity index (χ0n) is 19.0. The zero-order valence-corrected chi connectivity index (χ0v) is 19.0. The Balaban J connectivity index is 1.70. The van der Waals surface area contributed by atoms with Crippen LogP contribution >= 0.6 is 0 Å². The standard InChI is InChI=1S/C25H31N5O2/c1-28(14-15-29(2)19-23(31)32)16-17-30(3)22-18-26-24(20-10-6-4-7-11-20)25(27-22)21-12-8-5-9-13-21/h4-13,18H,14-17,19H2,1-3H3,(H,31,32). The monoisotopic (exact) mass is 433 g/mol. The van der Waals surface area contributed by atoms with Crippen molar-refractivity contribution in [2.45, 2.75) is 0 Å². The molecule has 32 heavy (non-hydrogen) atoms. The number of nitrogens with zero attached hydrogens (tertiary/aromatic N) is 5. The van der Waals surface area contributed by atoms with Gasteiger partial charge in [-0.1, -0.05) is 60.7 Å². The van der Waals surface area contributed by atoms with E-state index in [0.717, 1.165) is 48.0 Å². The highest BCUT2D eigenvalue weighted by molar-refractivity contribution is 5.78. The minimum absolute atomic E-state index is 0.0549. The Morgan fingerprint density at radius 1 is 0.781 bits per heavy atom. The van der Waals surface area contributed by atoms with Crippen LogP contribution in [0.1, 0.15) is 0 Å². The zero-order chi connectivity index (χ0) is 22.9. The summed E-state index contributed by atoms with van der Waals surface area (Å²) in [6.07, 6.45) is 1.83. The quantitative estimate of drug-likeness (QED) is 0.498. The summed E-state index contributed by atoms with van der Waals surface area (Å²) in [6.45, 7) is 3.17. The first-order valence-electron chi connectivity index (χ1n) is 10.7. The predicted molar refractivity (Wildman–Crippen MR) is 129 cm³/mol. The van der Waals surface area contributed by atoms with Crippen molar-refractivity contribution in [1.82, 2.24) is 19.8 Å². The average molecular weight is 434 g/mol. The molecule has 0 saturated carbocycles. The first-order chi connectivity index (χ1) is 15.4. The van der Waals surface area contributed by atoms with E-state index in [9.17, 15) is 4.79 Å². The molecule has 3 aromatic rings. The van der Waals surface area contributed by atoms with Gasteiger partial charge in [-0.05, 0) is 14.1 Å². The highest BCUT2D eigenvalue weighted by Crippen LogP contribution is 2.30. The third-order valence-corrected chi connectivity index (χ3v) is 5.33. The molecule has 0 aliphatic heterocycles. The first kappa shape index (κ1) is 23.4. The van der Waals surface area contributed by atoms with Crippen molar-refractivity contribution in [2.75, 3.05) is 58.8 Å². The second-order valence-electron chi connectivity index (χ2n) is 8.01. The van der Waals surface area contributed by atoms with Crippen LogP contribution in [0.25, 0.3) is 22.5 Å². The van der Waals surface area contributed by atoms with E-state index in [1.165, 1.54) is 0 Å². The van der Waals surface area contributed by atoms with Gasteiger partial charge in [-0.3, -0.25) is 14.7 Å². The third kappa shape index (κ3) is 6.60. The van der Waals surface area contributed by atoms with Crippen molar-refractivity contribution in [3.8, 4) is 22.5 Å². The number of aromatic nitrogens is 2. The molecule has 1 N–H and O–H groups in total. The van der Waals surface area contributed by atoms with Gasteiger partial charge in [0, 0.05) is 44.4 Å². The summed E-state index contributed by atoms with van der Waals surface area (Å²) in [5, 5.41) is 8.87. The Bertz CT molecular complexity index is 998. The fraction of sp³-hybridized carbons (Fsp3) is 0.320. The molecule has 0 spiro atoms. The maximum absolute atomic E-state index is 10.8. The summed E-state index contributed by atoms with van der Waals surface area (Å²) in [4.78, 5) is 26.7. The molecule has 1 heterocycles. The molecular formula is C25H31N5O2. The van der Waals surface area contributed by atoms with Crippen LogP contribution < -0.4 is 4.90 Å². The van der Waals surface area contributed by atoms with Crippen LogP contribution in [0, 0.1) is 0 Å². The fourth-order valence-electron chi connectivity index (χ4n) is 3.37. The van der Waals surface area contributed by atoms with Crippen LogP contribution in [-0.2, 0) is 4.79 Å². The smallest absolute Gasteiger partial charge is 0.317 e. The lowest BCUT2D eigenvalue weighted by molar-refractivity contribution is -0.138. The molecular weight excluding hydrogens is 402 g/mol. The largest absolute Gasteiger partial charge is 0.480 e. The molecule has 0 saturated heterocycles. The van der Waals surface area contributed by atoms with Gasteiger partial charge in [0.05, 0.1) is 24.1 Å². The number of likely N-dealkylation sites (N-methyl/N-ethyl adjacent to an activating group) is 3. The summed E-state index contributed by atoms with van der Waals surface area (Å²) in [7, 11) is 5.89. The van der Waals surface area contributed by atoms with Gasteiger partial charge >= 0.3 is 5.97 Å². The second-order valence-corrected chi connectivity index (χ2v) is 8.01. The van der Waals surface area contributed by atoms with Crippen LogP contribution in [-0.4, -0.2) is 84.7 Å². The van der Waals surface area contributed by atoms with Crippen molar-refractivity contribution >= 4 is 11.8 Å². The van der Waals surface area contributed by atoms with Crippen LogP contribution in [0.2, 0.25) is 0 Å². The molecule has 2 aromatic carbocycles. The number of carboxylic acid groups (broad SMARTS) is 1. The van der Waals surface area contributed by atoms with Crippen LogP contribution in [0.4, 0.5) is 5.82 Å². The molecule has 0 radical (unpaired) electrons. The minimum Gasteiger partial charge on any atom is -0.480 e. The van der Waals surface area contributed by atoms with Crippen LogP contribution in [0.15, 0.2) is 66.9 Å². The van der Waals surface area contributed by atoms with Gasteiger partial charge in [0.2, 0.25) is 0 Å². The SMILES string of the molecule is CN(CCN(C)CC(=O)O)CCN(C)c1cnc(-c2ccccc2)c(-c2ccccc2)n1. The van der Waals surface area contributed by atoms with Crippen molar-refractivity contribution < 1.29 is 9.90 Å². The van der Waals surface area contributed by atoms with E-state index in [1.807, 2.05) is 68.6 Å². The average Bonchev–Trinajstić information content (AvgIpc) is 2.81. The Hall–Kier alpha value is -3.29. The molecule has 0 aliphatic rings. The van der Waals surface area contributed by atoms with E-state index in [2.05, 4.69) is 34.1 Å². The fourth-order valence-corrected chi connectivity index (χ4v) is 3.37. The number of aliphatic carboxylic acids is 1. The Kier molecular flexibility index (Phi) is 8.30. The topological polar surface area (TPSA) is 72.8 Å². The summed E-state index contributed by atoms with van der Waals surface area (Å²) < 4.78 is 0. The van der Waals surface area contributed by atoms with Crippen molar-refractivity contribution in [2.24, 2.45) is 0 Å². The van der Waals surface area contributed by atoms with Crippen LogP contribution in [0.3, 0.4) is 0 Å². The highest BCUT2D eigenvalue weighted by Gasteiger charge is 2.14. The van der Waals surface area contributed by atoms with Crippen molar-refractivity contribution in [3.05, 3.63) is 66.9 Å². The lowest BCUT2D eigenvalue weighted by Gasteiger charge is -2.25. The molecule has 7 nitrogen and oxygen atoms in total.